The highest BCUT2D eigenvalue weighted by molar-refractivity contribution is 14.0. The fraction of sp³-hybridized carbons (Fsp3) is 0.278. The Morgan fingerprint density at radius 2 is 2.08 bits per heavy atom. The van der Waals surface area contributed by atoms with Crippen LogP contribution in [0.3, 0.4) is 0 Å². The second-order valence-electron chi connectivity index (χ2n) is 5.63. The summed E-state index contributed by atoms with van der Waals surface area (Å²) in [5.74, 6) is 1.68. The number of halogens is 1. The predicted octanol–water partition coefficient (Wildman–Crippen LogP) is 3.28. The van der Waals surface area contributed by atoms with E-state index < -0.39 is 0 Å². The van der Waals surface area contributed by atoms with Gasteiger partial charge in [0.25, 0.3) is 0 Å². The Hall–Kier alpha value is -2.36. The van der Waals surface area contributed by atoms with Crippen molar-refractivity contribution in [2.24, 2.45) is 4.99 Å². The summed E-state index contributed by atoms with van der Waals surface area (Å²) < 4.78 is 4.84. The van der Waals surface area contributed by atoms with Crippen LogP contribution in [0, 0.1) is 0 Å². The summed E-state index contributed by atoms with van der Waals surface area (Å²) in [6.45, 7) is 3.92. The van der Waals surface area contributed by atoms with Crippen molar-refractivity contribution in [1.82, 2.24) is 25.3 Å². The Balaban J connectivity index is 0.00000243. The summed E-state index contributed by atoms with van der Waals surface area (Å²) in [6.07, 6.45) is 3.41. The predicted molar refractivity (Wildman–Crippen MR) is 112 cm³/mol. The van der Waals surface area contributed by atoms with Gasteiger partial charge in [0.1, 0.15) is 17.8 Å². The van der Waals surface area contributed by atoms with Crippen LogP contribution < -0.4 is 5.32 Å². The van der Waals surface area contributed by atoms with E-state index in [1.807, 2.05) is 49.3 Å². The number of benzene rings is 1. The lowest BCUT2D eigenvalue weighted by Crippen LogP contribution is -2.38. The lowest BCUT2D eigenvalue weighted by Gasteiger charge is -2.20. The molecule has 0 radical (unpaired) electrons. The third kappa shape index (κ3) is 5.32. The first-order valence-corrected chi connectivity index (χ1v) is 8.24. The van der Waals surface area contributed by atoms with Crippen molar-refractivity contribution in [3.8, 4) is 11.3 Å². The molecule has 0 unspecified atom stereocenters. The van der Waals surface area contributed by atoms with Crippen molar-refractivity contribution in [2.75, 3.05) is 13.6 Å². The fourth-order valence-corrected chi connectivity index (χ4v) is 2.45. The smallest absolute Gasteiger partial charge is 0.194 e. The van der Waals surface area contributed by atoms with Gasteiger partial charge in [0, 0.05) is 19.7 Å². The Labute approximate surface area is 169 Å². The van der Waals surface area contributed by atoms with E-state index in [1.165, 1.54) is 0 Å². The number of H-pyrrole nitrogens is 1. The monoisotopic (exact) mass is 466 g/mol. The number of guanidine groups is 1. The zero-order valence-corrected chi connectivity index (χ0v) is 17.2. The van der Waals surface area contributed by atoms with Crippen molar-refractivity contribution in [3.63, 3.8) is 0 Å². The number of imidazole rings is 1. The molecule has 0 saturated heterocycles. The van der Waals surface area contributed by atoms with Gasteiger partial charge in [-0.05, 0) is 12.5 Å². The summed E-state index contributed by atoms with van der Waals surface area (Å²) >= 11 is 0. The Bertz CT molecular complexity index is 800. The molecule has 2 aromatic heterocycles. The van der Waals surface area contributed by atoms with Gasteiger partial charge >= 0.3 is 0 Å². The standard InChI is InChI=1S/C18H22N6O.HI/c1-3-19-18(21-11-15-9-10-25-23-15)24(2)13-17-20-12-16(22-17)14-7-5-4-6-8-14;/h4-10,12H,3,11,13H2,1-2H3,(H,19,21)(H,20,22);1H. The van der Waals surface area contributed by atoms with Gasteiger partial charge in [0.2, 0.25) is 0 Å². The third-order valence-corrected chi connectivity index (χ3v) is 3.68. The molecule has 138 valence electrons. The van der Waals surface area contributed by atoms with Crippen LogP contribution >= 0.6 is 24.0 Å². The van der Waals surface area contributed by atoms with Crippen LogP contribution in [0.4, 0.5) is 0 Å². The van der Waals surface area contributed by atoms with Gasteiger partial charge in [-0.25, -0.2) is 9.98 Å². The molecule has 8 heteroatoms. The maximum atomic E-state index is 4.84. The summed E-state index contributed by atoms with van der Waals surface area (Å²) in [5.41, 5.74) is 2.93. The van der Waals surface area contributed by atoms with Gasteiger partial charge in [-0.15, -0.1) is 24.0 Å². The molecular formula is C18H23IN6O. The number of aliphatic imine (C=N–C) groups is 1. The van der Waals surface area contributed by atoms with Crippen LogP contribution in [0.15, 0.2) is 58.4 Å². The van der Waals surface area contributed by atoms with E-state index in [1.54, 1.807) is 6.26 Å². The van der Waals surface area contributed by atoms with E-state index in [9.17, 15) is 0 Å². The molecule has 2 heterocycles. The molecule has 0 aliphatic rings. The minimum Gasteiger partial charge on any atom is -0.364 e. The minimum absolute atomic E-state index is 0. The number of hydrogen-bond acceptors (Lipinski definition) is 4. The van der Waals surface area contributed by atoms with Crippen LogP contribution in [0.25, 0.3) is 11.3 Å². The topological polar surface area (TPSA) is 82.3 Å². The molecule has 26 heavy (non-hydrogen) atoms. The lowest BCUT2D eigenvalue weighted by molar-refractivity contribution is 0.411. The van der Waals surface area contributed by atoms with Gasteiger partial charge in [-0.1, -0.05) is 35.5 Å². The number of aromatic amines is 1. The van der Waals surface area contributed by atoms with Crippen LogP contribution in [-0.2, 0) is 13.1 Å². The van der Waals surface area contributed by atoms with Gasteiger partial charge in [0.05, 0.1) is 25.0 Å². The zero-order valence-electron chi connectivity index (χ0n) is 14.8. The molecule has 0 aliphatic heterocycles. The SMILES string of the molecule is CCNC(=NCc1ccon1)N(C)Cc1ncc(-c2ccccc2)[nH]1.I. The molecule has 0 atom stereocenters. The first-order valence-electron chi connectivity index (χ1n) is 8.24. The van der Waals surface area contributed by atoms with E-state index >= 15 is 0 Å². The van der Waals surface area contributed by atoms with Gasteiger partial charge in [-0.3, -0.25) is 0 Å². The van der Waals surface area contributed by atoms with Crippen LogP contribution in [-0.4, -0.2) is 39.6 Å². The van der Waals surface area contributed by atoms with Crippen LogP contribution in [0.5, 0.6) is 0 Å². The maximum Gasteiger partial charge on any atom is 0.194 e. The summed E-state index contributed by atoms with van der Waals surface area (Å²) in [4.78, 5) is 14.5. The largest absolute Gasteiger partial charge is 0.364 e. The molecule has 0 bridgehead atoms. The van der Waals surface area contributed by atoms with E-state index in [-0.39, 0.29) is 24.0 Å². The van der Waals surface area contributed by atoms with E-state index in [0.29, 0.717) is 13.1 Å². The van der Waals surface area contributed by atoms with Crippen molar-refractivity contribution < 1.29 is 4.52 Å². The molecule has 0 aliphatic carbocycles. The molecule has 2 N–H and O–H groups in total. The Morgan fingerprint density at radius 1 is 1.27 bits per heavy atom. The molecule has 3 rings (SSSR count). The van der Waals surface area contributed by atoms with Crippen molar-refractivity contribution in [1.29, 1.82) is 0 Å². The summed E-state index contributed by atoms with van der Waals surface area (Å²) in [7, 11) is 1.98. The van der Waals surface area contributed by atoms with Gasteiger partial charge in [0.15, 0.2) is 5.96 Å². The Morgan fingerprint density at radius 3 is 2.77 bits per heavy atom. The number of rotatable bonds is 6. The van der Waals surface area contributed by atoms with E-state index in [2.05, 4.69) is 37.6 Å². The summed E-state index contributed by atoms with van der Waals surface area (Å²) in [5, 5.41) is 7.16. The second kappa shape index (κ2) is 9.95. The molecule has 0 amide bonds. The molecule has 0 saturated carbocycles. The zero-order chi connectivity index (χ0) is 17.5. The number of aromatic nitrogens is 3. The Kier molecular flexibility index (Phi) is 7.64. The average Bonchev–Trinajstić information content (AvgIpc) is 3.31. The van der Waals surface area contributed by atoms with Gasteiger partial charge < -0.3 is 19.7 Å². The van der Waals surface area contributed by atoms with Gasteiger partial charge in [-0.2, -0.15) is 0 Å². The molecule has 0 spiro atoms. The summed E-state index contributed by atoms with van der Waals surface area (Å²) in [6, 6.07) is 12.0. The van der Waals surface area contributed by atoms with E-state index in [4.69, 9.17) is 4.52 Å². The molecule has 0 fully saturated rings. The number of hydrogen-bond donors (Lipinski definition) is 2. The second-order valence-corrected chi connectivity index (χ2v) is 5.63. The average molecular weight is 466 g/mol. The number of nitrogens with zero attached hydrogens (tertiary/aromatic N) is 4. The highest BCUT2D eigenvalue weighted by atomic mass is 127. The van der Waals surface area contributed by atoms with Crippen LogP contribution in [0.1, 0.15) is 18.4 Å². The lowest BCUT2D eigenvalue weighted by atomic mass is 10.2. The van der Waals surface area contributed by atoms with Crippen LogP contribution in [0.2, 0.25) is 0 Å². The molecular weight excluding hydrogens is 443 g/mol. The normalized spacial score (nSPS) is 11.1. The van der Waals surface area contributed by atoms with E-state index in [0.717, 1.165) is 35.3 Å². The minimum atomic E-state index is 0. The quantitative estimate of drug-likeness (QED) is 0.331. The van der Waals surface area contributed by atoms with Crippen molar-refractivity contribution >= 4 is 29.9 Å². The first-order chi connectivity index (χ1) is 12.3. The highest BCUT2D eigenvalue weighted by Crippen LogP contribution is 2.16. The molecule has 1 aromatic carbocycles. The van der Waals surface area contributed by atoms with Crippen molar-refractivity contribution in [3.05, 3.63) is 60.4 Å². The maximum absolute atomic E-state index is 4.84. The molecule has 3 aromatic rings. The number of nitrogens with one attached hydrogen (secondary N) is 2. The first kappa shape index (κ1) is 20.0. The fourth-order valence-electron chi connectivity index (χ4n) is 2.45. The highest BCUT2D eigenvalue weighted by Gasteiger charge is 2.10. The van der Waals surface area contributed by atoms with Crippen molar-refractivity contribution in [2.45, 2.75) is 20.0 Å². The molecule has 7 nitrogen and oxygen atoms in total. The third-order valence-electron chi connectivity index (χ3n) is 3.68.